The van der Waals surface area contributed by atoms with E-state index in [-0.39, 0.29) is 18.8 Å². The zero-order valence-electron chi connectivity index (χ0n) is 12.9. The molecule has 0 N–H and O–H groups in total. The predicted molar refractivity (Wildman–Crippen MR) is 80.5 cm³/mol. The van der Waals surface area contributed by atoms with Crippen LogP contribution in [-0.2, 0) is 25.5 Å². The number of allylic oxidation sites excluding steroid dienone is 1. The van der Waals surface area contributed by atoms with E-state index < -0.39 is 11.9 Å². The Morgan fingerprint density at radius 3 is 2.36 bits per heavy atom. The summed E-state index contributed by atoms with van der Waals surface area (Å²) in [6.45, 7) is 5.77. The second kappa shape index (κ2) is 6.56. The number of aldehydes is 1. The van der Waals surface area contributed by atoms with Gasteiger partial charge in [0.1, 0.15) is 0 Å². The molecule has 5 nitrogen and oxygen atoms in total. The van der Waals surface area contributed by atoms with Gasteiger partial charge in [-0.15, -0.1) is 0 Å². The molecule has 1 aliphatic carbocycles. The molecule has 5 heteroatoms. The van der Waals surface area contributed by atoms with Crippen LogP contribution in [-0.4, -0.2) is 31.4 Å². The molecule has 0 atom stereocenters. The number of hydrogen-bond donors (Lipinski definition) is 0. The molecular weight excluding hydrogens is 284 g/mol. The van der Waals surface area contributed by atoms with Crippen LogP contribution < -0.4 is 0 Å². The smallest absolute Gasteiger partial charge is 0.338 e. The Morgan fingerprint density at radius 2 is 1.77 bits per heavy atom. The summed E-state index contributed by atoms with van der Waals surface area (Å²) < 4.78 is 10.0. The highest BCUT2D eigenvalue weighted by Gasteiger charge is 2.32. The molecule has 0 fully saturated rings. The van der Waals surface area contributed by atoms with Gasteiger partial charge in [0.2, 0.25) is 0 Å². The summed E-state index contributed by atoms with van der Waals surface area (Å²) in [5, 5.41) is 0. The van der Waals surface area contributed by atoms with E-state index in [4.69, 9.17) is 9.47 Å². The van der Waals surface area contributed by atoms with Crippen molar-refractivity contribution in [1.82, 2.24) is 0 Å². The van der Waals surface area contributed by atoms with E-state index in [0.29, 0.717) is 29.4 Å². The number of esters is 2. The molecule has 0 unspecified atom stereocenters. The van der Waals surface area contributed by atoms with Crippen molar-refractivity contribution < 1.29 is 23.9 Å². The summed E-state index contributed by atoms with van der Waals surface area (Å²) in [7, 11) is 0. The van der Waals surface area contributed by atoms with Crippen molar-refractivity contribution in [3.8, 4) is 0 Å². The van der Waals surface area contributed by atoms with Gasteiger partial charge in [0.05, 0.1) is 24.4 Å². The fourth-order valence-corrected chi connectivity index (χ4v) is 2.62. The molecular formula is C17H18O5. The zero-order chi connectivity index (χ0) is 16.3. The molecule has 0 bridgehead atoms. The molecule has 1 aromatic rings. The van der Waals surface area contributed by atoms with Crippen LogP contribution in [0.2, 0.25) is 0 Å². The summed E-state index contributed by atoms with van der Waals surface area (Å²) in [5.74, 6) is -1.02. The molecule has 22 heavy (non-hydrogen) atoms. The topological polar surface area (TPSA) is 69.7 Å². The maximum Gasteiger partial charge on any atom is 0.338 e. The van der Waals surface area contributed by atoms with Crippen molar-refractivity contribution in [2.75, 3.05) is 13.2 Å². The molecule has 0 aromatic heterocycles. The summed E-state index contributed by atoms with van der Waals surface area (Å²) in [5.41, 5.74) is 3.05. The first kappa shape index (κ1) is 15.9. The van der Waals surface area contributed by atoms with E-state index in [1.54, 1.807) is 26.0 Å². The van der Waals surface area contributed by atoms with Crippen LogP contribution >= 0.6 is 0 Å². The van der Waals surface area contributed by atoms with Crippen LogP contribution in [0.3, 0.4) is 0 Å². The van der Waals surface area contributed by atoms with Gasteiger partial charge in [-0.2, -0.15) is 0 Å². The van der Waals surface area contributed by atoms with Crippen molar-refractivity contribution in [1.29, 1.82) is 0 Å². The molecule has 116 valence electrons. The third-order valence-corrected chi connectivity index (χ3v) is 3.63. The lowest BCUT2D eigenvalue weighted by molar-refractivity contribution is -0.138. The normalized spacial score (nSPS) is 12.9. The molecule has 0 heterocycles. The highest BCUT2D eigenvalue weighted by Crippen LogP contribution is 2.37. The third kappa shape index (κ3) is 2.66. The highest BCUT2D eigenvalue weighted by molar-refractivity contribution is 6.21. The molecule has 1 aliphatic rings. The van der Waals surface area contributed by atoms with Crippen molar-refractivity contribution in [2.24, 2.45) is 0 Å². The summed E-state index contributed by atoms with van der Waals surface area (Å²) in [6.07, 6.45) is 0.904. The standard InChI is InChI=1S/C17H18O5/c1-4-21-16(19)11-7-6-10(3)12-8-13(17(20)22-5-2)14(9-18)15(11)12/h6-7,9H,4-5,8H2,1-3H3. The van der Waals surface area contributed by atoms with Gasteiger partial charge < -0.3 is 9.47 Å². The van der Waals surface area contributed by atoms with Crippen LogP contribution in [0.1, 0.15) is 40.9 Å². The van der Waals surface area contributed by atoms with Crippen LogP contribution in [0.25, 0.3) is 5.57 Å². The van der Waals surface area contributed by atoms with E-state index in [0.717, 1.165) is 11.1 Å². The Hall–Kier alpha value is -2.43. The Kier molecular flexibility index (Phi) is 4.75. The number of benzene rings is 1. The number of carbonyl (C=O) groups excluding carboxylic acids is 3. The molecule has 0 radical (unpaired) electrons. The van der Waals surface area contributed by atoms with Gasteiger partial charge in [-0.05, 0) is 38.0 Å². The lowest BCUT2D eigenvalue weighted by atomic mass is 9.96. The second-order valence-electron chi connectivity index (χ2n) is 4.91. The SMILES string of the molecule is CCOC(=O)C1=C(C=O)c2c(C(=O)OCC)ccc(C)c2C1. The minimum Gasteiger partial charge on any atom is -0.463 e. The number of fused-ring (bicyclic) bond motifs is 1. The highest BCUT2D eigenvalue weighted by atomic mass is 16.5. The molecule has 2 rings (SSSR count). The van der Waals surface area contributed by atoms with E-state index in [1.807, 2.05) is 6.92 Å². The monoisotopic (exact) mass is 302 g/mol. The van der Waals surface area contributed by atoms with E-state index in [9.17, 15) is 14.4 Å². The molecule has 0 saturated carbocycles. The number of aryl methyl sites for hydroxylation is 1. The Morgan fingerprint density at radius 1 is 1.14 bits per heavy atom. The first-order valence-electron chi connectivity index (χ1n) is 7.20. The van der Waals surface area contributed by atoms with Gasteiger partial charge in [-0.3, -0.25) is 4.79 Å². The average Bonchev–Trinajstić information content (AvgIpc) is 2.88. The molecule has 0 saturated heterocycles. The lowest BCUT2D eigenvalue weighted by Crippen LogP contribution is -2.10. The maximum absolute atomic E-state index is 12.1. The van der Waals surface area contributed by atoms with E-state index in [2.05, 4.69) is 0 Å². The third-order valence-electron chi connectivity index (χ3n) is 3.63. The van der Waals surface area contributed by atoms with E-state index in [1.165, 1.54) is 0 Å². The average molecular weight is 302 g/mol. The lowest BCUT2D eigenvalue weighted by Gasteiger charge is -2.10. The molecule has 1 aromatic carbocycles. The summed E-state index contributed by atoms with van der Waals surface area (Å²) >= 11 is 0. The molecule has 0 amide bonds. The predicted octanol–water partition coefficient (Wildman–Crippen LogP) is 2.24. The minimum absolute atomic E-state index is 0.222. The fraction of sp³-hybridized carbons (Fsp3) is 0.353. The van der Waals surface area contributed by atoms with E-state index >= 15 is 0 Å². The largest absolute Gasteiger partial charge is 0.463 e. The van der Waals surface area contributed by atoms with Crippen molar-refractivity contribution in [2.45, 2.75) is 27.2 Å². The van der Waals surface area contributed by atoms with Crippen molar-refractivity contribution >= 4 is 23.8 Å². The first-order chi connectivity index (χ1) is 10.5. The number of hydrogen-bond acceptors (Lipinski definition) is 5. The van der Waals surface area contributed by atoms with Crippen molar-refractivity contribution in [3.63, 3.8) is 0 Å². The van der Waals surface area contributed by atoms with Gasteiger partial charge in [0.15, 0.2) is 6.29 Å². The van der Waals surface area contributed by atoms with Crippen LogP contribution in [0, 0.1) is 6.92 Å². The van der Waals surface area contributed by atoms with Gasteiger partial charge >= 0.3 is 11.9 Å². The van der Waals surface area contributed by atoms with Crippen LogP contribution in [0.5, 0.6) is 0 Å². The molecule has 0 spiro atoms. The van der Waals surface area contributed by atoms with Crippen LogP contribution in [0.4, 0.5) is 0 Å². The van der Waals surface area contributed by atoms with Gasteiger partial charge in [0, 0.05) is 17.6 Å². The Labute approximate surface area is 128 Å². The summed E-state index contributed by atoms with van der Waals surface area (Å²) in [6, 6.07) is 3.42. The quantitative estimate of drug-likeness (QED) is 0.616. The zero-order valence-corrected chi connectivity index (χ0v) is 12.9. The van der Waals surface area contributed by atoms with Gasteiger partial charge in [-0.1, -0.05) is 6.07 Å². The number of ether oxygens (including phenoxy) is 2. The molecule has 0 aliphatic heterocycles. The second-order valence-corrected chi connectivity index (χ2v) is 4.91. The number of carbonyl (C=O) groups is 3. The van der Waals surface area contributed by atoms with Crippen LogP contribution in [0.15, 0.2) is 17.7 Å². The first-order valence-corrected chi connectivity index (χ1v) is 7.20. The van der Waals surface area contributed by atoms with Gasteiger partial charge in [-0.25, -0.2) is 9.59 Å². The van der Waals surface area contributed by atoms with Gasteiger partial charge in [0.25, 0.3) is 0 Å². The minimum atomic E-state index is -0.519. The Bertz CT molecular complexity index is 670. The maximum atomic E-state index is 12.1. The number of rotatable bonds is 5. The Balaban J connectivity index is 2.60. The fourth-order valence-electron chi connectivity index (χ4n) is 2.62. The van der Waals surface area contributed by atoms with Crippen molar-refractivity contribution in [3.05, 3.63) is 40.0 Å². The summed E-state index contributed by atoms with van der Waals surface area (Å²) in [4.78, 5) is 35.7.